The molecule has 0 saturated carbocycles. The molecule has 27 heavy (non-hydrogen) atoms. The number of carbonyl (C=O) groups excluding carboxylic acids is 1. The summed E-state index contributed by atoms with van der Waals surface area (Å²) in [5.41, 5.74) is 0.991. The molecule has 1 unspecified atom stereocenters. The number of likely N-dealkylation sites (tertiary alicyclic amines) is 1. The average Bonchev–Trinajstić information content (AvgIpc) is 2.86. The fourth-order valence-corrected chi connectivity index (χ4v) is 3.47. The fourth-order valence-electron chi connectivity index (χ4n) is 3.29. The van der Waals surface area contributed by atoms with Crippen molar-refractivity contribution in [2.45, 2.75) is 38.2 Å². The number of aliphatic hydroxyl groups is 1. The Balaban J connectivity index is 1.56. The molecule has 1 amide bonds. The minimum atomic E-state index is -0.962. The van der Waals surface area contributed by atoms with Gasteiger partial charge in [-0.2, -0.15) is 0 Å². The van der Waals surface area contributed by atoms with Crippen LogP contribution in [0.2, 0.25) is 5.02 Å². The molecule has 2 heterocycles. The van der Waals surface area contributed by atoms with Gasteiger partial charge in [0.1, 0.15) is 18.0 Å². The smallest absolute Gasteiger partial charge is 0.227 e. The van der Waals surface area contributed by atoms with Gasteiger partial charge in [0.25, 0.3) is 0 Å². The van der Waals surface area contributed by atoms with Gasteiger partial charge in [0, 0.05) is 25.5 Å². The number of benzene rings is 1. The maximum atomic E-state index is 12.6. The Morgan fingerprint density at radius 1 is 1.33 bits per heavy atom. The van der Waals surface area contributed by atoms with Crippen molar-refractivity contribution >= 4 is 17.5 Å². The van der Waals surface area contributed by atoms with Crippen molar-refractivity contribution in [3.8, 4) is 5.75 Å². The highest BCUT2D eigenvalue weighted by Gasteiger charge is 2.32. The second-order valence-electron chi connectivity index (χ2n) is 7.22. The molecular formula is C21H25ClN2O3. The largest absolute Gasteiger partial charge is 0.489 e. The molecule has 1 aliphatic rings. The van der Waals surface area contributed by atoms with E-state index in [0.29, 0.717) is 43.1 Å². The van der Waals surface area contributed by atoms with E-state index < -0.39 is 5.60 Å². The van der Waals surface area contributed by atoms with E-state index in [1.165, 1.54) is 0 Å². The summed E-state index contributed by atoms with van der Waals surface area (Å²) in [6.07, 6.45) is 5.55. The molecule has 5 nitrogen and oxygen atoms in total. The predicted molar refractivity (Wildman–Crippen MR) is 105 cm³/mol. The van der Waals surface area contributed by atoms with Crippen molar-refractivity contribution < 1.29 is 14.6 Å². The zero-order valence-electron chi connectivity index (χ0n) is 15.5. The van der Waals surface area contributed by atoms with Gasteiger partial charge in [-0.3, -0.25) is 9.78 Å². The number of aromatic nitrogens is 1. The lowest BCUT2D eigenvalue weighted by Crippen LogP contribution is -2.38. The molecule has 0 spiro atoms. The van der Waals surface area contributed by atoms with E-state index in [9.17, 15) is 9.90 Å². The van der Waals surface area contributed by atoms with Crippen molar-refractivity contribution in [3.63, 3.8) is 0 Å². The first-order valence-corrected chi connectivity index (χ1v) is 9.61. The van der Waals surface area contributed by atoms with Crippen LogP contribution in [0.25, 0.3) is 0 Å². The Labute approximate surface area is 164 Å². The maximum Gasteiger partial charge on any atom is 0.227 e. The predicted octanol–water partition coefficient (Wildman–Crippen LogP) is 3.41. The standard InChI is InChI=1S/C21H25ClN2O3/c1-16-5-6-18(22)19(12-16)27-15-21(26)7-3-10-24(11-8-21)20(25)13-17-4-2-9-23-14-17/h2,4-6,9,12,14,26H,3,7-8,10-11,13,15H2,1H3. The first kappa shape index (κ1) is 19.6. The van der Waals surface area contributed by atoms with E-state index in [2.05, 4.69) is 4.98 Å². The van der Waals surface area contributed by atoms with Crippen molar-refractivity contribution in [2.24, 2.45) is 0 Å². The summed E-state index contributed by atoms with van der Waals surface area (Å²) in [6, 6.07) is 9.31. The molecule has 144 valence electrons. The van der Waals surface area contributed by atoms with Crippen molar-refractivity contribution in [2.75, 3.05) is 19.7 Å². The van der Waals surface area contributed by atoms with Crippen LogP contribution in [0.15, 0.2) is 42.7 Å². The number of nitrogens with zero attached hydrogens (tertiary/aromatic N) is 2. The van der Waals surface area contributed by atoms with Gasteiger partial charge in [0.05, 0.1) is 11.4 Å². The molecule has 1 saturated heterocycles. The van der Waals surface area contributed by atoms with E-state index >= 15 is 0 Å². The lowest BCUT2D eigenvalue weighted by Gasteiger charge is -2.27. The van der Waals surface area contributed by atoms with Gasteiger partial charge < -0.3 is 14.7 Å². The minimum absolute atomic E-state index is 0.0647. The van der Waals surface area contributed by atoms with E-state index in [0.717, 1.165) is 17.5 Å². The van der Waals surface area contributed by atoms with Crippen LogP contribution in [0.5, 0.6) is 5.75 Å². The highest BCUT2D eigenvalue weighted by molar-refractivity contribution is 6.32. The third-order valence-corrected chi connectivity index (χ3v) is 5.24. The number of carbonyl (C=O) groups is 1. The van der Waals surface area contributed by atoms with Gasteiger partial charge in [-0.05, 0) is 55.5 Å². The number of ether oxygens (including phenoxy) is 1. The van der Waals surface area contributed by atoms with Gasteiger partial charge in [0.2, 0.25) is 5.91 Å². The molecule has 6 heteroatoms. The van der Waals surface area contributed by atoms with Crippen LogP contribution >= 0.6 is 11.6 Å². The van der Waals surface area contributed by atoms with E-state index in [4.69, 9.17) is 16.3 Å². The lowest BCUT2D eigenvalue weighted by atomic mass is 9.96. The van der Waals surface area contributed by atoms with Crippen LogP contribution in [0.3, 0.4) is 0 Å². The van der Waals surface area contributed by atoms with Crippen LogP contribution in [0.1, 0.15) is 30.4 Å². The van der Waals surface area contributed by atoms with Crippen LogP contribution in [0.4, 0.5) is 0 Å². The number of amides is 1. The molecule has 1 atom stereocenters. The number of hydrogen-bond acceptors (Lipinski definition) is 4. The molecule has 1 aromatic heterocycles. The number of aryl methyl sites for hydroxylation is 1. The molecule has 1 N–H and O–H groups in total. The monoisotopic (exact) mass is 388 g/mol. The van der Waals surface area contributed by atoms with Crippen LogP contribution < -0.4 is 4.74 Å². The zero-order chi connectivity index (χ0) is 19.3. The van der Waals surface area contributed by atoms with Crippen LogP contribution in [0, 0.1) is 6.92 Å². The summed E-state index contributed by atoms with van der Waals surface area (Å²) in [7, 11) is 0. The number of rotatable bonds is 5. The molecule has 0 aliphatic carbocycles. The molecular weight excluding hydrogens is 364 g/mol. The van der Waals surface area contributed by atoms with Crippen molar-refractivity contribution in [1.29, 1.82) is 0 Å². The summed E-state index contributed by atoms with van der Waals surface area (Å²) in [6.45, 7) is 3.29. The molecule has 1 aromatic carbocycles. The summed E-state index contributed by atoms with van der Waals surface area (Å²) >= 11 is 6.17. The summed E-state index contributed by atoms with van der Waals surface area (Å²) < 4.78 is 5.81. The van der Waals surface area contributed by atoms with Gasteiger partial charge in [-0.1, -0.05) is 23.7 Å². The first-order valence-electron chi connectivity index (χ1n) is 9.23. The molecule has 3 rings (SSSR count). The maximum absolute atomic E-state index is 12.6. The Bertz CT molecular complexity index is 784. The first-order chi connectivity index (χ1) is 13.0. The molecule has 1 fully saturated rings. The van der Waals surface area contributed by atoms with E-state index in [-0.39, 0.29) is 12.5 Å². The van der Waals surface area contributed by atoms with Gasteiger partial charge in [0.15, 0.2) is 0 Å². The van der Waals surface area contributed by atoms with Gasteiger partial charge in [-0.15, -0.1) is 0 Å². The Morgan fingerprint density at radius 2 is 2.19 bits per heavy atom. The number of hydrogen-bond donors (Lipinski definition) is 1. The SMILES string of the molecule is Cc1ccc(Cl)c(OCC2(O)CCCN(C(=O)Cc3cccnc3)CC2)c1. The molecule has 2 aromatic rings. The Kier molecular flexibility index (Phi) is 6.34. The summed E-state index contributed by atoms with van der Waals surface area (Å²) in [5, 5.41) is 11.5. The highest BCUT2D eigenvalue weighted by atomic mass is 35.5. The van der Waals surface area contributed by atoms with Crippen molar-refractivity contribution in [3.05, 3.63) is 58.9 Å². The summed E-state index contributed by atoms with van der Waals surface area (Å²) in [5.74, 6) is 0.647. The average molecular weight is 389 g/mol. The van der Waals surface area contributed by atoms with Crippen LogP contribution in [-0.2, 0) is 11.2 Å². The highest BCUT2D eigenvalue weighted by Crippen LogP contribution is 2.29. The second kappa shape index (κ2) is 8.72. The molecule has 0 bridgehead atoms. The van der Waals surface area contributed by atoms with E-state index in [1.54, 1.807) is 18.5 Å². The quantitative estimate of drug-likeness (QED) is 0.852. The minimum Gasteiger partial charge on any atom is -0.489 e. The number of halogens is 1. The van der Waals surface area contributed by atoms with Gasteiger partial charge >= 0.3 is 0 Å². The fraction of sp³-hybridized carbons (Fsp3) is 0.429. The zero-order valence-corrected chi connectivity index (χ0v) is 16.3. The topological polar surface area (TPSA) is 62.7 Å². The normalized spacial score (nSPS) is 20.2. The van der Waals surface area contributed by atoms with Crippen LogP contribution in [-0.4, -0.2) is 46.2 Å². The van der Waals surface area contributed by atoms with E-state index in [1.807, 2.05) is 36.1 Å². The molecule has 1 aliphatic heterocycles. The third kappa shape index (κ3) is 5.44. The van der Waals surface area contributed by atoms with Gasteiger partial charge in [-0.25, -0.2) is 0 Å². The molecule has 0 radical (unpaired) electrons. The Morgan fingerprint density at radius 3 is 2.96 bits per heavy atom. The lowest BCUT2D eigenvalue weighted by molar-refractivity contribution is -0.130. The third-order valence-electron chi connectivity index (χ3n) is 4.93. The van der Waals surface area contributed by atoms with Crippen molar-refractivity contribution in [1.82, 2.24) is 9.88 Å². The summed E-state index contributed by atoms with van der Waals surface area (Å²) in [4.78, 5) is 18.4. The number of pyridine rings is 1. The second-order valence-corrected chi connectivity index (χ2v) is 7.63. The Hall–Kier alpha value is -2.11.